The Morgan fingerprint density at radius 2 is 1.88 bits per heavy atom. The summed E-state index contributed by atoms with van der Waals surface area (Å²) in [7, 11) is 1.76. The summed E-state index contributed by atoms with van der Waals surface area (Å²) >= 11 is 0. The molecule has 1 unspecified atom stereocenters. The first kappa shape index (κ1) is 27.0. The highest BCUT2D eigenvalue weighted by molar-refractivity contribution is 5.67. The maximum absolute atomic E-state index is 11.1. The zero-order chi connectivity index (χ0) is 24.2. The van der Waals surface area contributed by atoms with Gasteiger partial charge < -0.3 is 24.4 Å². The maximum atomic E-state index is 11.1. The number of aliphatic hydroxyl groups is 1. The van der Waals surface area contributed by atoms with Gasteiger partial charge in [-0.15, -0.1) is 0 Å². The summed E-state index contributed by atoms with van der Waals surface area (Å²) in [5, 5.41) is 19.4. The lowest BCUT2D eigenvalue weighted by molar-refractivity contribution is -0.150. The number of hydrogen-bond donors (Lipinski definition) is 2. The molecule has 0 bridgehead atoms. The molecule has 0 aromatic carbocycles. The predicted octanol–water partition coefficient (Wildman–Crippen LogP) is 4.61. The molecule has 2 rings (SSSR count). The van der Waals surface area contributed by atoms with Gasteiger partial charge >= 0.3 is 5.97 Å². The first-order valence-corrected chi connectivity index (χ1v) is 12.0. The Kier molecular flexibility index (Phi) is 9.53. The van der Waals surface area contributed by atoms with Crippen LogP contribution in [0.3, 0.4) is 0 Å². The lowest BCUT2D eigenvalue weighted by Gasteiger charge is -2.38. The number of aliphatic carboxylic acids is 1. The van der Waals surface area contributed by atoms with Crippen LogP contribution in [0.1, 0.15) is 67.7 Å². The number of ether oxygens (including phenoxy) is 3. The number of aliphatic hydroxyl groups excluding tert-OH is 1. The molecule has 32 heavy (non-hydrogen) atoms. The zero-order valence-corrected chi connectivity index (χ0v) is 21.1. The van der Waals surface area contributed by atoms with Crippen LogP contribution in [0.4, 0.5) is 0 Å². The molecule has 0 amide bonds. The van der Waals surface area contributed by atoms with Crippen molar-refractivity contribution < 1.29 is 29.2 Å². The van der Waals surface area contributed by atoms with Gasteiger partial charge in [-0.05, 0) is 37.2 Å². The second-order valence-corrected chi connectivity index (χ2v) is 10.7. The first-order chi connectivity index (χ1) is 14.9. The molecule has 6 nitrogen and oxygen atoms in total. The number of rotatable bonds is 9. The monoisotopic (exact) mass is 452 g/mol. The average molecular weight is 453 g/mol. The SMILES string of the molecule is CO[C@H]1[C@@H](C)OC(C(C)(C)C[C@H](C)/C=C/C=C(\C)[C@H]2O[C@@H](CC(=O)O)C[C@@H](O)[C@@H]2C)[C@@H]1C. The lowest BCUT2D eigenvalue weighted by Crippen LogP contribution is -2.44. The van der Waals surface area contributed by atoms with Crippen molar-refractivity contribution in [3.05, 3.63) is 23.8 Å². The molecule has 0 saturated carbocycles. The van der Waals surface area contributed by atoms with Gasteiger partial charge in [-0.3, -0.25) is 4.79 Å². The third-order valence-electron chi connectivity index (χ3n) is 7.29. The van der Waals surface area contributed by atoms with Crippen molar-refractivity contribution in [1.29, 1.82) is 0 Å². The van der Waals surface area contributed by atoms with Gasteiger partial charge in [-0.25, -0.2) is 0 Å². The molecule has 0 radical (unpaired) electrons. The largest absolute Gasteiger partial charge is 0.481 e. The van der Waals surface area contributed by atoms with Crippen LogP contribution < -0.4 is 0 Å². The van der Waals surface area contributed by atoms with Crippen LogP contribution in [0.25, 0.3) is 0 Å². The van der Waals surface area contributed by atoms with Gasteiger partial charge in [0, 0.05) is 25.4 Å². The lowest BCUT2D eigenvalue weighted by atomic mass is 9.74. The van der Waals surface area contributed by atoms with E-state index in [2.05, 4.69) is 46.8 Å². The summed E-state index contributed by atoms with van der Waals surface area (Å²) < 4.78 is 18.0. The van der Waals surface area contributed by atoms with E-state index < -0.39 is 18.2 Å². The van der Waals surface area contributed by atoms with Crippen molar-refractivity contribution in [2.75, 3.05) is 7.11 Å². The van der Waals surface area contributed by atoms with E-state index in [0.717, 1.165) is 12.0 Å². The van der Waals surface area contributed by atoms with Crippen molar-refractivity contribution in [2.24, 2.45) is 23.2 Å². The summed E-state index contributed by atoms with van der Waals surface area (Å²) in [6.45, 7) is 15.0. The predicted molar refractivity (Wildman–Crippen MR) is 125 cm³/mol. The highest BCUT2D eigenvalue weighted by atomic mass is 16.6. The van der Waals surface area contributed by atoms with Gasteiger partial charge in [0.15, 0.2) is 0 Å². The second kappa shape index (κ2) is 11.3. The van der Waals surface area contributed by atoms with E-state index in [1.54, 1.807) is 7.11 Å². The van der Waals surface area contributed by atoms with Crippen molar-refractivity contribution in [3.63, 3.8) is 0 Å². The maximum Gasteiger partial charge on any atom is 0.305 e. The van der Waals surface area contributed by atoms with Gasteiger partial charge in [-0.2, -0.15) is 0 Å². The third-order valence-corrected chi connectivity index (χ3v) is 7.29. The smallest absolute Gasteiger partial charge is 0.305 e. The quantitative estimate of drug-likeness (QED) is 0.497. The van der Waals surface area contributed by atoms with Crippen LogP contribution >= 0.6 is 0 Å². The number of carbonyl (C=O) groups is 1. The van der Waals surface area contributed by atoms with Crippen LogP contribution in [0.15, 0.2) is 23.8 Å². The van der Waals surface area contributed by atoms with Gasteiger partial charge in [0.2, 0.25) is 0 Å². The van der Waals surface area contributed by atoms with Gasteiger partial charge in [0.05, 0.1) is 43.0 Å². The van der Waals surface area contributed by atoms with E-state index in [9.17, 15) is 9.90 Å². The van der Waals surface area contributed by atoms with Crippen molar-refractivity contribution in [2.45, 2.75) is 104 Å². The molecule has 0 aromatic rings. The normalized spacial score (nSPS) is 37.7. The molecule has 2 saturated heterocycles. The molecule has 2 fully saturated rings. The highest BCUT2D eigenvalue weighted by Crippen LogP contribution is 2.42. The molecule has 184 valence electrons. The van der Waals surface area contributed by atoms with E-state index in [0.29, 0.717) is 18.3 Å². The molecular weight excluding hydrogens is 408 g/mol. The highest BCUT2D eigenvalue weighted by Gasteiger charge is 2.47. The summed E-state index contributed by atoms with van der Waals surface area (Å²) in [5.41, 5.74) is 1.01. The second-order valence-electron chi connectivity index (χ2n) is 10.7. The summed E-state index contributed by atoms with van der Waals surface area (Å²) in [5.74, 6) is -0.270. The Morgan fingerprint density at radius 1 is 1.22 bits per heavy atom. The standard InChI is InChI=1S/C26H44O6/c1-15(14-26(6,7)25-18(4)24(30-8)19(5)31-25)10-9-11-16(2)23-17(3)21(27)12-20(32-23)13-22(28)29/h9-11,15,17-21,23-25,27H,12-14H2,1-8H3,(H,28,29)/b10-9+,16-11+/t15-,17+,18-,19-,20-,21-,23-,24-,25?/m1/s1. The van der Waals surface area contributed by atoms with Crippen LogP contribution in [-0.2, 0) is 19.0 Å². The zero-order valence-electron chi connectivity index (χ0n) is 21.1. The minimum absolute atomic E-state index is 0.0125. The molecular formula is C26H44O6. The molecule has 2 N–H and O–H groups in total. The Balaban J connectivity index is 1.98. The molecule has 2 aliphatic heterocycles. The van der Waals surface area contributed by atoms with E-state index in [1.165, 1.54) is 0 Å². The number of methoxy groups -OCH3 is 1. The van der Waals surface area contributed by atoms with E-state index in [1.807, 2.05) is 19.9 Å². The molecule has 2 heterocycles. The summed E-state index contributed by atoms with van der Waals surface area (Å²) in [6, 6.07) is 0. The minimum Gasteiger partial charge on any atom is -0.481 e. The molecule has 0 spiro atoms. The van der Waals surface area contributed by atoms with Gasteiger partial charge in [-0.1, -0.05) is 52.8 Å². The Bertz CT molecular complexity index is 684. The van der Waals surface area contributed by atoms with E-state index in [-0.39, 0.29) is 42.2 Å². The Morgan fingerprint density at radius 3 is 2.44 bits per heavy atom. The van der Waals surface area contributed by atoms with Crippen LogP contribution in [0.5, 0.6) is 0 Å². The molecule has 6 heteroatoms. The fraction of sp³-hybridized carbons (Fsp3) is 0.808. The van der Waals surface area contributed by atoms with Crippen LogP contribution in [0.2, 0.25) is 0 Å². The topological polar surface area (TPSA) is 85.2 Å². The molecule has 0 aliphatic carbocycles. The van der Waals surface area contributed by atoms with Crippen molar-refractivity contribution in [3.8, 4) is 0 Å². The van der Waals surface area contributed by atoms with E-state index >= 15 is 0 Å². The number of allylic oxidation sites excluding steroid dienone is 3. The fourth-order valence-corrected chi connectivity index (χ4v) is 5.76. The van der Waals surface area contributed by atoms with E-state index in [4.69, 9.17) is 19.3 Å². The van der Waals surface area contributed by atoms with Crippen molar-refractivity contribution in [1.82, 2.24) is 0 Å². The molecule has 9 atom stereocenters. The van der Waals surface area contributed by atoms with Crippen LogP contribution in [-0.4, -0.2) is 59.9 Å². The summed E-state index contributed by atoms with van der Waals surface area (Å²) in [6.07, 6.45) is 6.64. The van der Waals surface area contributed by atoms with Gasteiger partial charge in [0.1, 0.15) is 0 Å². The van der Waals surface area contributed by atoms with Crippen LogP contribution in [0, 0.1) is 23.2 Å². The van der Waals surface area contributed by atoms with Gasteiger partial charge in [0.25, 0.3) is 0 Å². The fourth-order valence-electron chi connectivity index (χ4n) is 5.76. The first-order valence-electron chi connectivity index (χ1n) is 12.0. The summed E-state index contributed by atoms with van der Waals surface area (Å²) in [4.78, 5) is 11.1. The molecule has 0 aromatic heterocycles. The molecule has 2 aliphatic rings. The number of hydrogen-bond acceptors (Lipinski definition) is 5. The third kappa shape index (κ3) is 6.66. The number of carboxylic acid groups (broad SMARTS) is 1. The average Bonchev–Trinajstić information content (AvgIpc) is 2.97. The minimum atomic E-state index is -0.903. The van der Waals surface area contributed by atoms with Crippen molar-refractivity contribution >= 4 is 5.97 Å². The Labute approximate surface area is 194 Å². The Hall–Kier alpha value is -1.21. The number of carboxylic acids is 1.